The second-order valence-corrected chi connectivity index (χ2v) is 7.85. The van der Waals surface area contributed by atoms with Gasteiger partial charge in [0.1, 0.15) is 5.75 Å². The highest BCUT2D eigenvalue weighted by Gasteiger charge is 2.22. The lowest BCUT2D eigenvalue weighted by atomic mass is 9.84. The van der Waals surface area contributed by atoms with Crippen molar-refractivity contribution in [3.63, 3.8) is 0 Å². The van der Waals surface area contributed by atoms with Gasteiger partial charge < -0.3 is 9.72 Å². The number of nitrogens with one attached hydrogen (secondary N) is 1. The fraction of sp³-hybridized carbons (Fsp3) is 0.455. The third kappa shape index (κ3) is 4.27. The summed E-state index contributed by atoms with van der Waals surface area (Å²) in [6.45, 7) is 5.04. The van der Waals surface area contributed by atoms with Crippen LogP contribution in [0.1, 0.15) is 82.6 Å². The number of hydrogen-bond acceptors (Lipinski definition) is 3. The van der Waals surface area contributed by atoms with Gasteiger partial charge in [0, 0.05) is 16.3 Å². The Hall–Kier alpha value is -2.07. The molecule has 1 aliphatic carbocycles. The quantitative estimate of drug-likeness (QED) is 0.637. The van der Waals surface area contributed by atoms with Crippen LogP contribution < -0.4 is 4.74 Å². The number of H-pyrrole nitrogens is 1. The second-order valence-electron chi connectivity index (χ2n) is 7.41. The summed E-state index contributed by atoms with van der Waals surface area (Å²) < 4.78 is 5.91. The number of Topliss-reactive ketones (excluding diaryl/α,β-unsaturated/α-hetero) is 2. The summed E-state index contributed by atoms with van der Waals surface area (Å²) >= 11 is 6.21. The minimum absolute atomic E-state index is 0.0431. The molecular formula is C22H26ClNO3. The summed E-state index contributed by atoms with van der Waals surface area (Å²) in [5.74, 6) is 0.958. The Labute approximate surface area is 165 Å². The summed E-state index contributed by atoms with van der Waals surface area (Å²) in [5, 5.41) is 0.691. The smallest absolute Gasteiger partial charge is 0.216 e. The lowest BCUT2D eigenvalue weighted by Gasteiger charge is -2.24. The van der Waals surface area contributed by atoms with Crippen LogP contribution in [0.25, 0.3) is 0 Å². The van der Waals surface area contributed by atoms with Crippen LogP contribution in [-0.2, 0) is 0 Å². The van der Waals surface area contributed by atoms with E-state index in [2.05, 4.69) is 4.98 Å². The van der Waals surface area contributed by atoms with Crippen LogP contribution in [-0.4, -0.2) is 23.2 Å². The van der Waals surface area contributed by atoms with Crippen LogP contribution in [0.5, 0.6) is 5.75 Å². The van der Waals surface area contributed by atoms with Gasteiger partial charge in [-0.15, -0.1) is 0 Å². The van der Waals surface area contributed by atoms with E-state index in [4.69, 9.17) is 16.3 Å². The van der Waals surface area contributed by atoms with E-state index in [1.54, 1.807) is 13.0 Å². The molecule has 0 amide bonds. The van der Waals surface area contributed by atoms with Gasteiger partial charge in [0.25, 0.3) is 0 Å². The van der Waals surface area contributed by atoms with E-state index in [0.717, 1.165) is 29.8 Å². The molecule has 144 valence electrons. The molecule has 1 fully saturated rings. The number of carbonyl (C=O) groups excluding carboxylic acids is 2. The Morgan fingerprint density at radius 3 is 2.52 bits per heavy atom. The van der Waals surface area contributed by atoms with E-state index in [1.807, 2.05) is 19.1 Å². The molecule has 1 aromatic carbocycles. The van der Waals surface area contributed by atoms with Crippen molar-refractivity contribution in [2.75, 3.05) is 6.61 Å². The van der Waals surface area contributed by atoms with E-state index in [0.29, 0.717) is 27.8 Å². The van der Waals surface area contributed by atoms with Crippen LogP contribution in [0.4, 0.5) is 0 Å². The normalized spacial score (nSPS) is 15.0. The highest BCUT2D eigenvalue weighted by molar-refractivity contribution is 6.30. The van der Waals surface area contributed by atoms with Gasteiger partial charge in [0.05, 0.1) is 5.69 Å². The highest BCUT2D eigenvalue weighted by atomic mass is 35.5. The average molecular weight is 388 g/mol. The van der Waals surface area contributed by atoms with Gasteiger partial charge in [-0.05, 0) is 68.9 Å². The Balaban J connectivity index is 1.78. The molecular weight excluding hydrogens is 362 g/mol. The molecule has 2 aromatic rings. The zero-order valence-corrected chi connectivity index (χ0v) is 16.9. The van der Waals surface area contributed by atoms with E-state index in [1.165, 1.54) is 26.2 Å². The molecule has 0 aliphatic heterocycles. The Morgan fingerprint density at radius 2 is 1.89 bits per heavy atom. The average Bonchev–Trinajstić information content (AvgIpc) is 2.95. The molecule has 27 heavy (non-hydrogen) atoms. The van der Waals surface area contributed by atoms with Gasteiger partial charge in [0.15, 0.2) is 12.4 Å². The molecule has 0 unspecified atom stereocenters. The Morgan fingerprint density at radius 1 is 1.19 bits per heavy atom. The largest absolute Gasteiger partial charge is 0.485 e. The van der Waals surface area contributed by atoms with Crippen LogP contribution in [0.3, 0.4) is 0 Å². The van der Waals surface area contributed by atoms with E-state index >= 15 is 0 Å². The first-order chi connectivity index (χ1) is 12.9. The summed E-state index contributed by atoms with van der Waals surface area (Å²) in [6.07, 6.45) is 5.95. The standard InChI is InChI=1S/C22H26ClNO3/c1-13-21(15(3)25)14(2)24-22(13)19(26)12-27-20-10-9-17(23)11-18(20)16-7-5-4-6-8-16/h9-11,16,24H,4-8,12H2,1-3H3. The number of aryl methyl sites for hydroxylation is 1. The zero-order chi connectivity index (χ0) is 19.6. The van der Waals surface area contributed by atoms with Crippen molar-refractivity contribution in [2.45, 2.75) is 58.8 Å². The molecule has 1 heterocycles. The van der Waals surface area contributed by atoms with Gasteiger partial charge in [-0.1, -0.05) is 30.9 Å². The van der Waals surface area contributed by atoms with E-state index < -0.39 is 0 Å². The highest BCUT2D eigenvalue weighted by Crippen LogP contribution is 2.38. The van der Waals surface area contributed by atoms with Crippen molar-refractivity contribution in [1.29, 1.82) is 0 Å². The lowest BCUT2D eigenvalue weighted by Crippen LogP contribution is -2.15. The predicted octanol–water partition coefficient (Wildman–Crippen LogP) is 5.80. The third-order valence-electron chi connectivity index (χ3n) is 5.44. The van der Waals surface area contributed by atoms with Gasteiger partial charge in [-0.2, -0.15) is 0 Å². The lowest BCUT2D eigenvalue weighted by molar-refractivity contribution is 0.0915. The first-order valence-electron chi connectivity index (χ1n) is 9.54. The molecule has 5 heteroatoms. The Bertz CT molecular complexity index is 863. The van der Waals surface area contributed by atoms with Gasteiger partial charge >= 0.3 is 0 Å². The Kier molecular flexibility index (Phi) is 6.05. The topological polar surface area (TPSA) is 59.2 Å². The minimum atomic E-state index is -0.160. The fourth-order valence-electron chi connectivity index (χ4n) is 4.16. The van der Waals surface area contributed by atoms with Crippen LogP contribution >= 0.6 is 11.6 Å². The number of ether oxygens (including phenoxy) is 1. The van der Waals surface area contributed by atoms with Crippen LogP contribution in [0, 0.1) is 13.8 Å². The van der Waals surface area contributed by atoms with Crippen molar-refractivity contribution < 1.29 is 14.3 Å². The molecule has 4 nitrogen and oxygen atoms in total. The summed E-state index contributed by atoms with van der Waals surface area (Å²) in [4.78, 5) is 27.5. The number of aromatic amines is 1. The van der Waals surface area contributed by atoms with Gasteiger partial charge in [-0.3, -0.25) is 9.59 Å². The second kappa shape index (κ2) is 8.30. The summed E-state index contributed by atoms with van der Waals surface area (Å²) in [7, 11) is 0. The molecule has 3 rings (SSSR count). The fourth-order valence-corrected chi connectivity index (χ4v) is 4.34. The number of aromatic nitrogens is 1. The summed E-state index contributed by atoms with van der Waals surface area (Å²) in [6, 6.07) is 5.62. The number of hydrogen-bond donors (Lipinski definition) is 1. The van der Waals surface area contributed by atoms with Crippen LogP contribution in [0.15, 0.2) is 18.2 Å². The molecule has 1 N–H and O–H groups in total. The SMILES string of the molecule is CC(=O)c1c(C)[nH]c(C(=O)COc2ccc(Cl)cc2C2CCCCC2)c1C. The first kappa shape index (κ1) is 19.7. The van der Waals surface area contributed by atoms with Crippen LogP contribution in [0.2, 0.25) is 5.02 Å². The monoisotopic (exact) mass is 387 g/mol. The predicted molar refractivity (Wildman–Crippen MR) is 107 cm³/mol. The van der Waals surface area contributed by atoms with E-state index in [9.17, 15) is 9.59 Å². The van der Waals surface area contributed by atoms with Crippen molar-refractivity contribution in [3.05, 3.63) is 51.3 Å². The summed E-state index contributed by atoms with van der Waals surface area (Å²) in [5.41, 5.74) is 3.55. The molecule has 1 aliphatic rings. The molecule has 0 saturated heterocycles. The molecule has 1 aromatic heterocycles. The molecule has 0 atom stereocenters. The number of ketones is 2. The molecule has 0 bridgehead atoms. The molecule has 1 saturated carbocycles. The number of carbonyl (C=O) groups is 2. The number of halogens is 1. The maximum absolute atomic E-state index is 12.7. The first-order valence-corrected chi connectivity index (χ1v) is 9.91. The van der Waals surface area contributed by atoms with Crippen molar-refractivity contribution in [2.24, 2.45) is 0 Å². The number of rotatable bonds is 6. The third-order valence-corrected chi connectivity index (χ3v) is 5.68. The van der Waals surface area contributed by atoms with Crippen molar-refractivity contribution in [1.82, 2.24) is 4.98 Å². The maximum Gasteiger partial charge on any atom is 0.216 e. The van der Waals surface area contributed by atoms with Crippen molar-refractivity contribution in [3.8, 4) is 5.75 Å². The van der Waals surface area contributed by atoms with Crippen molar-refractivity contribution >= 4 is 23.2 Å². The maximum atomic E-state index is 12.7. The minimum Gasteiger partial charge on any atom is -0.485 e. The number of benzene rings is 1. The molecule has 0 radical (unpaired) electrons. The van der Waals surface area contributed by atoms with Gasteiger partial charge in [0.2, 0.25) is 5.78 Å². The van der Waals surface area contributed by atoms with Gasteiger partial charge in [-0.25, -0.2) is 0 Å². The van der Waals surface area contributed by atoms with E-state index in [-0.39, 0.29) is 18.2 Å². The zero-order valence-electron chi connectivity index (χ0n) is 16.2. The molecule has 0 spiro atoms.